The SMILES string of the molecule is Fc1cccc(C(CBr)(CBr)CCCc2ccccc2)c1. The van der Waals surface area contributed by atoms with E-state index in [2.05, 4.69) is 56.1 Å². The Morgan fingerprint density at radius 2 is 1.62 bits per heavy atom. The minimum atomic E-state index is -0.165. The molecule has 0 aromatic heterocycles. The van der Waals surface area contributed by atoms with E-state index < -0.39 is 0 Å². The van der Waals surface area contributed by atoms with Crippen molar-refractivity contribution in [2.24, 2.45) is 0 Å². The Labute approximate surface area is 143 Å². The van der Waals surface area contributed by atoms with Crippen LogP contribution in [-0.4, -0.2) is 10.7 Å². The summed E-state index contributed by atoms with van der Waals surface area (Å²) in [6.07, 6.45) is 3.15. The molecule has 0 radical (unpaired) electrons. The van der Waals surface area contributed by atoms with Crippen molar-refractivity contribution in [2.45, 2.75) is 24.7 Å². The van der Waals surface area contributed by atoms with Crippen LogP contribution in [0.4, 0.5) is 4.39 Å². The summed E-state index contributed by atoms with van der Waals surface area (Å²) in [5, 5.41) is 1.65. The predicted molar refractivity (Wildman–Crippen MR) is 95.0 cm³/mol. The van der Waals surface area contributed by atoms with E-state index in [4.69, 9.17) is 0 Å². The molecule has 0 fully saturated rings. The van der Waals surface area contributed by atoms with Crippen LogP contribution in [0.15, 0.2) is 54.6 Å². The maximum Gasteiger partial charge on any atom is 0.123 e. The van der Waals surface area contributed by atoms with Crippen LogP contribution in [0.3, 0.4) is 0 Å². The average molecular weight is 414 g/mol. The lowest BCUT2D eigenvalue weighted by molar-refractivity contribution is 0.480. The van der Waals surface area contributed by atoms with Crippen LogP contribution in [0.2, 0.25) is 0 Å². The van der Waals surface area contributed by atoms with Crippen molar-refractivity contribution in [2.75, 3.05) is 10.7 Å². The Morgan fingerprint density at radius 3 is 2.24 bits per heavy atom. The summed E-state index contributed by atoms with van der Waals surface area (Å²) < 4.78 is 13.5. The topological polar surface area (TPSA) is 0 Å². The Bertz CT molecular complexity index is 550. The third-order valence-corrected chi connectivity index (χ3v) is 6.06. The second-order valence-corrected chi connectivity index (χ2v) is 6.52. The van der Waals surface area contributed by atoms with Crippen LogP contribution in [0.1, 0.15) is 24.0 Å². The molecule has 0 aliphatic rings. The van der Waals surface area contributed by atoms with Gasteiger partial charge >= 0.3 is 0 Å². The fourth-order valence-electron chi connectivity index (χ4n) is 2.56. The highest BCUT2D eigenvalue weighted by molar-refractivity contribution is 9.09. The van der Waals surface area contributed by atoms with Crippen molar-refractivity contribution >= 4 is 31.9 Å². The summed E-state index contributed by atoms with van der Waals surface area (Å²) >= 11 is 7.26. The molecule has 0 saturated carbocycles. The summed E-state index contributed by atoms with van der Waals surface area (Å²) in [6.45, 7) is 0. The number of halogens is 3. The fourth-order valence-corrected chi connectivity index (χ4v) is 4.70. The second kappa shape index (κ2) is 8.09. The molecule has 0 saturated heterocycles. The molecule has 2 aromatic carbocycles. The smallest absolute Gasteiger partial charge is 0.123 e. The zero-order valence-electron chi connectivity index (χ0n) is 11.9. The molecule has 0 heterocycles. The Morgan fingerprint density at radius 1 is 0.905 bits per heavy atom. The summed E-state index contributed by atoms with van der Waals surface area (Å²) in [7, 11) is 0. The Balaban J connectivity index is 2.08. The van der Waals surface area contributed by atoms with Crippen LogP contribution < -0.4 is 0 Å². The molecular formula is C18H19Br2F. The molecule has 3 heteroatoms. The highest BCUT2D eigenvalue weighted by Crippen LogP contribution is 2.34. The molecule has 0 unspecified atom stereocenters. The normalized spacial score (nSPS) is 11.6. The van der Waals surface area contributed by atoms with Crippen molar-refractivity contribution < 1.29 is 4.39 Å². The number of rotatable bonds is 7. The van der Waals surface area contributed by atoms with E-state index in [9.17, 15) is 4.39 Å². The molecule has 2 aromatic rings. The minimum absolute atomic E-state index is 0.0587. The van der Waals surface area contributed by atoms with E-state index in [0.717, 1.165) is 35.5 Å². The molecule has 21 heavy (non-hydrogen) atoms. The van der Waals surface area contributed by atoms with Gasteiger partial charge in [-0.15, -0.1) is 0 Å². The van der Waals surface area contributed by atoms with Gasteiger partial charge < -0.3 is 0 Å². The molecule has 0 atom stereocenters. The van der Waals surface area contributed by atoms with Crippen LogP contribution in [0, 0.1) is 5.82 Å². The van der Waals surface area contributed by atoms with Crippen molar-refractivity contribution in [3.8, 4) is 0 Å². The van der Waals surface area contributed by atoms with E-state index >= 15 is 0 Å². The molecule has 0 aliphatic carbocycles. The number of benzene rings is 2. The van der Waals surface area contributed by atoms with Gasteiger partial charge in [-0.1, -0.05) is 74.3 Å². The van der Waals surface area contributed by atoms with Crippen molar-refractivity contribution in [3.63, 3.8) is 0 Å². The zero-order chi connectivity index (χ0) is 15.1. The highest BCUT2D eigenvalue weighted by Gasteiger charge is 2.29. The maximum absolute atomic E-state index is 13.5. The lowest BCUT2D eigenvalue weighted by atomic mass is 9.79. The van der Waals surface area contributed by atoms with E-state index in [1.165, 1.54) is 11.6 Å². The first-order valence-electron chi connectivity index (χ1n) is 7.12. The lowest BCUT2D eigenvalue weighted by Gasteiger charge is -2.31. The number of alkyl halides is 2. The predicted octanol–water partition coefficient (Wildman–Crippen LogP) is 5.88. The second-order valence-electron chi connectivity index (χ2n) is 5.40. The third-order valence-electron chi connectivity index (χ3n) is 3.91. The number of hydrogen-bond donors (Lipinski definition) is 0. The molecule has 0 bridgehead atoms. The van der Waals surface area contributed by atoms with Gasteiger partial charge in [-0.05, 0) is 42.5 Å². The molecule has 0 N–H and O–H groups in total. The van der Waals surface area contributed by atoms with Gasteiger partial charge in [0, 0.05) is 16.1 Å². The van der Waals surface area contributed by atoms with Gasteiger partial charge in [0.25, 0.3) is 0 Å². The van der Waals surface area contributed by atoms with E-state index in [0.29, 0.717) is 0 Å². The summed E-state index contributed by atoms with van der Waals surface area (Å²) in [5.41, 5.74) is 2.36. The highest BCUT2D eigenvalue weighted by atomic mass is 79.9. The van der Waals surface area contributed by atoms with Gasteiger partial charge in [0.05, 0.1) is 0 Å². The van der Waals surface area contributed by atoms with E-state index in [1.54, 1.807) is 12.1 Å². The summed E-state index contributed by atoms with van der Waals surface area (Å²) in [5.74, 6) is -0.165. The van der Waals surface area contributed by atoms with Gasteiger partial charge in [-0.25, -0.2) is 4.39 Å². The first-order chi connectivity index (χ1) is 10.2. The van der Waals surface area contributed by atoms with Crippen LogP contribution in [-0.2, 0) is 11.8 Å². The maximum atomic E-state index is 13.5. The van der Waals surface area contributed by atoms with Gasteiger partial charge in [0.15, 0.2) is 0 Å². The Hall–Kier alpha value is -0.670. The average Bonchev–Trinajstić information content (AvgIpc) is 2.53. The molecule has 0 nitrogen and oxygen atoms in total. The summed E-state index contributed by atoms with van der Waals surface area (Å²) in [4.78, 5) is 0. The number of aryl methyl sites for hydroxylation is 1. The molecular weight excluding hydrogens is 395 g/mol. The van der Waals surface area contributed by atoms with Crippen LogP contribution in [0.25, 0.3) is 0 Å². The molecule has 0 aliphatic heterocycles. The number of hydrogen-bond acceptors (Lipinski definition) is 0. The largest absolute Gasteiger partial charge is 0.207 e. The minimum Gasteiger partial charge on any atom is -0.207 e. The molecule has 0 amide bonds. The monoisotopic (exact) mass is 412 g/mol. The molecule has 2 rings (SSSR count). The van der Waals surface area contributed by atoms with E-state index in [1.807, 2.05) is 12.1 Å². The quantitative estimate of drug-likeness (QED) is 0.497. The van der Waals surface area contributed by atoms with Crippen LogP contribution in [0.5, 0.6) is 0 Å². The first-order valence-corrected chi connectivity index (χ1v) is 9.36. The fraction of sp³-hybridized carbons (Fsp3) is 0.333. The van der Waals surface area contributed by atoms with Gasteiger partial charge in [-0.3, -0.25) is 0 Å². The third kappa shape index (κ3) is 4.40. The Kier molecular flexibility index (Phi) is 6.43. The van der Waals surface area contributed by atoms with Gasteiger partial charge in [0.2, 0.25) is 0 Å². The zero-order valence-corrected chi connectivity index (χ0v) is 15.0. The first kappa shape index (κ1) is 16.7. The lowest BCUT2D eigenvalue weighted by Crippen LogP contribution is -2.30. The van der Waals surface area contributed by atoms with Gasteiger partial charge in [0.1, 0.15) is 5.82 Å². The van der Waals surface area contributed by atoms with Crippen molar-refractivity contribution in [1.82, 2.24) is 0 Å². The molecule has 112 valence electrons. The molecule has 0 spiro atoms. The van der Waals surface area contributed by atoms with E-state index in [-0.39, 0.29) is 11.2 Å². The van der Waals surface area contributed by atoms with Gasteiger partial charge in [-0.2, -0.15) is 0 Å². The van der Waals surface area contributed by atoms with Crippen molar-refractivity contribution in [3.05, 3.63) is 71.5 Å². The van der Waals surface area contributed by atoms with Crippen molar-refractivity contribution in [1.29, 1.82) is 0 Å². The summed E-state index contributed by atoms with van der Waals surface area (Å²) in [6, 6.07) is 17.5. The van der Waals surface area contributed by atoms with Crippen LogP contribution >= 0.6 is 31.9 Å². The standard InChI is InChI=1S/C18H19Br2F/c19-13-18(14-20,16-9-4-10-17(21)12-16)11-5-8-15-6-2-1-3-7-15/h1-4,6-7,9-10,12H,5,8,11,13-14H2.